The van der Waals surface area contributed by atoms with Crippen molar-refractivity contribution in [3.8, 4) is 5.75 Å². The van der Waals surface area contributed by atoms with Crippen LogP contribution < -0.4 is 4.74 Å². The number of hydrogen-bond acceptors (Lipinski definition) is 3. The van der Waals surface area contributed by atoms with E-state index in [0.717, 1.165) is 41.4 Å². The Kier molecular flexibility index (Phi) is 5.40. The molecule has 27 heavy (non-hydrogen) atoms. The lowest BCUT2D eigenvalue weighted by molar-refractivity contribution is 0.272. The molecule has 0 amide bonds. The number of nitrogens with zero attached hydrogens (tertiary/aromatic N) is 2. The van der Waals surface area contributed by atoms with Crippen molar-refractivity contribution in [2.75, 3.05) is 13.1 Å². The maximum Gasteiger partial charge on any atom is 0.141 e. The van der Waals surface area contributed by atoms with Crippen LogP contribution in [0.4, 0.5) is 0 Å². The van der Waals surface area contributed by atoms with Gasteiger partial charge in [0.1, 0.15) is 12.4 Å². The van der Waals surface area contributed by atoms with Crippen LogP contribution in [0.2, 0.25) is 0 Å². The van der Waals surface area contributed by atoms with Crippen LogP contribution in [0.3, 0.4) is 0 Å². The van der Waals surface area contributed by atoms with Crippen LogP contribution in [0, 0.1) is 6.92 Å². The lowest BCUT2D eigenvalue weighted by Crippen LogP contribution is -2.28. The van der Waals surface area contributed by atoms with Crippen LogP contribution in [0.1, 0.15) is 36.6 Å². The summed E-state index contributed by atoms with van der Waals surface area (Å²) in [4.78, 5) is 7.35. The fourth-order valence-corrected chi connectivity index (χ4v) is 3.94. The highest BCUT2D eigenvalue weighted by atomic mass is 16.5. The van der Waals surface area contributed by atoms with Gasteiger partial charge in [-0.1, -0.05) is 36.4 Å². The monoisotopic (exact) mass is 360 g/mol. The van der Waals surface area contributed by atoms with Crippen molar-refractivity contribution in [2.24, 2.45) is 0 Å². The molecule has 3 heteroatoms. The van der Waals surface area contributed by atoms with E-state index in [1.807, 2.05) is 25.1 Å². The number of likely N-dealkylation sites (tertiary alicyclic amines) is 1. The summed E-state index contributed by atoms with van der Waals surface area (Å²) in [6, 6.07) is 19.8. The summed E-state index contributed by atoms with van der Waals surface area (Å²) in [5.41, 5.74) is 4.53. The fraction of sp³-hybridized carbons (Fsp3) is 0.375. The molecule has 0 aliphatic carbocycles. The van der Waals surface area contributed by atoms with Gasteiger partial charge in [-0.15, -0.1) is 0 Å². The van der Waals surface area contributed by atoms with Crippen molar-refractivity contribution in [3.05, 3.63) is 71.4 Å². The molecule has 0 unspecified atom stereocenters. The van der Waals surface area contributed by atoms with Gasteiger partial charge >= 0.3 is 0 Å². The highest BCUT2D eigenvalue weighted by Crippen LogP contribution is 2.25. The van der Waals surface area contributed by atoms with Gasteiger partial charge in [0.15, 0.2) is 0 Å². The molecular formula is C24H28N2O. The molecule has 1 aromatic heterocycles. The Morgan fingerprint density at radius 2 is 1.93 bits per heavy atom. The minimum atomic E-state index is 0.571. The Balaban J connectivity index is 1.49. The van der Waals surface area contributed by atoms with Gasteiger partial charge in [0.05, 0.1) is 11.2 Å². The van der Waals surface area contributed by atoms with Gasteiger partial charge in [-0.05, 0) is 69.0 Å². The summed E-state index contributed by atoms with van der Waals surface area (Å²) >= 11 is 0. The Labute approximate surface area is 162 Å². The first-order chi connectivity index (χ1) is 13.2. The van der Waals surface area contributed by atoms with Crippen LogP contribution in [0.25, 0.3) is 10.9 Å². The van der Waals surface area contributed by atoms with Crippen molar-refractivity contribution >= 4 is 10.9 Å². The van der Waals surface area contributed by atoms with E-state index in [4.69, 9.17) is 9.72 Å². The van der Waals surface area contributed by atoms with Gasteiger partial charge in [-0.25, -0.2) is 4.98 Å². The van der Waals surface area contributed by atoms with Gasteiger partial charge in [-0.2, -0.15) is 0 Å². The van der Waals surface area contributed by atoms with E-state index in [1.165, 1.54) is 30.5 Å². The first-order valence-corrected chi connectivity index (χ1v) is 10.00. The number of ether oxygens (including phenoxy) is 1. The van der Waals surface area contributed by atoms with E-state index in [1.54, 1.807) is 0 Å². The largest absolute Gasteiger partial charge is 0.487 e. The molecule has 0 radical (unpaired) electrons. The zero-order valence-corrected chi connectivity index (χ0v) is 16.3. The summed E-state index contributed by atoms with van der Waals surface area (Å²) in [5, 5.41) is 1.16. The number of fused-ring (bicyclic) bond motifs is 1. The average Bonchev–Trinajstić information content (AvgIpc) is 3.10. The lowest BCUT2D eigenvalue weighted by Gasteiger charge is -2.20. The van der Waals surface area contributed by atoms with Crippen molar-refractivity contribution in [1.82, 2.24) is 9.88 Å². The van der Waals surface area contributed by atoms with Crippen molar-refractivity contribution < 1.29 is 4.74 Å². The molecule has 1 fully saturated rings. The van der Waals surface area contributed by atoms with Gasteiger partial charge < -0.3 is 9.64 Å². The van der Waals surface area contributed by atoms with E-state index in [2.05, 4.69) is 48.2 Å². The first-order valence-electron chi connectivity index (χ1n) is 10.00. The number of aromatic nitrogens is 1. The number of benzene rings is 2. The predicted molar refractivity (Wildman–Crippen MR) is 111 cm³/mol. The first kappa shape index (κ1) is 18.0. The SMILES string of the molecule is Cc1nc2ccc(CCN3CCC[C@H]3C)cc2cc1OCc1ccccc1. The summed E-state index contributed by atoms with van der Waals surface area (Å²) in [7, 11) is 0. The fourth-order valence-electron chi connectivity index (χ4n) is 3.94. The van der Waals surface area contributed by atoms with E-state index >= 15 is 0 Å². The van der Waals surface area contributed by atoms with Gasteiger partial charge in [0.25, 0.3) is 0 Å². The van der Waals surface area contributed by atoms with E-state index in [9.17, 15) is 0 Å². The van der Waals surface area contributed by atoms with Crippen molar-refractivity contribution in [2.45, 2.75) is 45.8 Å². The Hall–Kier alpha value is -2.39. The maximum atomic E-state index is 6.06. The van der Waals surface area contributed by atoms with E-state index < -0.39 is 0 Å². The lowest BCUT2D eigenvalue weighted by atomic mass is 10.1. The molecule has 3 aromatic rings. The summed E-state index contributed by atoms with van der Waals surface area (Å²) < 4.78 is 6.06. The van der Waals surface area contributed by atoms with E-state index in [0.29, 0.717) is 6.61 Å². The molecule has 0 N–H and O–H groups in total. The summed E-state index contributed by atoms with van der Waals surface area (Å²) in [6.45, 7) is 7.32. The molecule has 4 rings (SSSR count). The Morgan fingerprint density at radius 3 is 2.70 bits per heavy atom. The summed E-state index contributed by atoms with van der Waals surface area (Å²) in [6.07, 6.45) is 3.77. The second kappa shape index (κ2) is 8.10. The molecule has 1 atom stereocenters. The second-order valence-electron chi connectivity index (χ2n) is 7.65. The molecule has 2 aromatic carbocycles. The summed E-state index contributed by atoms with van der Waals surface area (Å²) in [5.74, 6) is 0.872. The molecule has 1 aliphatic heterocycles. The minimum absolute atomic E-state index is 0.571. The van der Waals surface area contributed by atoms with Crippen molar-refractivity contribution in [3.63, 3.8) is 0 Å². The zero-order valence-electron chi connectivity index (χ0n) is 16.3. The van der Waals surface area contributed by atoms with Gasteiger partial charge in [-0.3, -0.25) is 0 Å². The molecule has 1 aliphatic rings. The third kappa shape index (κ3) is 4.30. The molecule has 2 heterocycles. The standard InChI is InChI=1S/C24H28N2O/c1-18-7-6-13-26(18)14-12-20-10-11-23-22(15-20)16-24(19(2)25-23)27-17-21-8-4-3-5-9-21/h3-5,8-11,15-16,18H,6-7,12-14,17H2,1-2H3/t18-/m1/s1. The normalized spacial score (nSPS) is 17.5. The Morgan fingerprint density at radius 1 is 1.07 bits per heavy atom. The highest BCUT2D eigenvalue weighted by molar-refractivity contribution is 5.81. The molecule has 1 saturated heterocycles. The van der Waals surface area contributed by atoms with Crippen LogP contribution in [-0.4, -0.2) is 29.0 Å². The van der Waals surface area contributed by atoms with Gasteiger partial charge in [0.2, 0.25) is 0 Å². The number of aryl methyl sites for hydroxylation is 1. The van der Waals surface area contributed by atoms with Gasteiger partial charge in [0, 0.05) is 18.0 Å². The molecule has 0 spiro atoms. The Bertz CT molecular complexity index is 907. The molecule has 3 nitrogen and oxygen atoms in total. The number of rotatable bonds is 6. The number of pyridine rings is 1. The van der Waals surface area contributed by atoms with Crippen LogP contribution in [0.5, 0.6) is 5.75 Å². The van der Waals surface area contributed by atoms with Crippen LogP contribution in [0.15, 0.2) is 54.6 Å². The van der Waals surface area contributed by atoms with Crippen molar-refractivity contribution in [1.29, 1.82) is 0 Å². The molecule has 0 saturated carbocycles. The highest BCUT2D eigenvalue weighted by Gasteiger charge is 2.19. The quantitative estimate of drug-likeness (QED) is 0.608. The third-order valence-electron chi connectivity index (χ3n) is 5.64. The third-order valence-corrected chi connectivity index (χ3v) is 5.64. The minimum Gasteiger partial charge on any atom is -0.487 e. The second-order valence-corrected chi connectivity index (χ2v) is 7.65. The van der Waals surface area contributed by atoms with Crippen LogP contribution in [-0.2, 0) is 13.0 Å². The molecule has 0 bridgehead atoms. The molecular weight excluding hydrogens is 332 g/mol. The maximum absolute atomic E-state index is 6.06. The van der Waals surface area contributed by atoms with E-state index in [-0.39, 0.29) is 0 Å². The zero-order chi connectivity index (χ0) is 18.6. The topological polar surface area (TPSA) is 25.4 Å². The average molecular weight is 361 g/mol. The smallest absolute Gasteiger partial charge is 0.141 e. The number of hydrogen-bond donors (Lipinski definition) is 0. The molecule has 140 valence electrons. The predicted octanol–water partition coefficient (Wildman–Crippen LogP) is 5.15. The van der Waals surface area contributed by atoms with Crippen LogP contribution >= 0.6 is 0 Å².